The van der Waals surface area contributed by atoms with E-state index in [1.807, 2.05) is 13.8 Å². The summed E-state index contributed by atoms with van der Waals surface area (Å²) < 4.78 is 0. The predicted molar refractivity (Wildman–Crippen MR) is 365 cm³/mol. The smallest absolute Gasteiger partial charge is 0.338 e. The van der Waals surface area contributed by atoms with Crippen molar-refractivity contribution >= 4 is 101 Å². The number of thiol groups is 1. The fourth-order valence-electron chi connectivity index (χ4n) is 11.6. The summed E-state index contributed by atoms with van der Waals surface area (Å²) in [5.41, 5.74) is 23.6. The zero-order valence-corrected chi connectivity index (χ0v) is 57.5. The van der Waals surface area contributed by atoms with E-state index in [0.29, 0.717) is 23.1 Å². The highest BCUT2D eigenvalue weighted by Crippen LogP contribution is 2.26. The number of carboxylic acids is 1. The minimum atomic E-state index is -2.05. The molecule has 1 saturated heterocycles. The Bertz CT molecular complexity index is 3390. The second-order valence-electron chi connectivity index (χ2n) is 25.9. The summed E-state index contributed by atoms with van der Waals surface area (Å²) in [4.78, 5) is 195. The van der Waals surface area contributed by atoms with Crippen molar-refractivity contribution in [1.29, 1.82) is 0 Å². The number of guanidine groups is 1. The van der Waals surface area contributed by atoms with Crippen LogP contribution >= 0.6 is 12.6 Å². The molecule has 4 rings (SSSR count). The average molecular weight is 1420 g/mol. The maximum atomic E-state index is 14.6. The first-order valence-electron chi connectivity index (χ1n) is 33.1. The molecule has 1 fully saturated rings. The number of rotatable bonds is 45. The van der Waals surface area contributed by atoms with Gasteiger partial charge in [0.25, 0.3) is 0 Å². The summed E-state index contributed by atoms with van der Waals surface area (Å²) >= 11 is 4.12. The molecule has 8 amide bonds. The fraction of sp³-hybridized carbons (Fsp3) is 0.522. The van der Waals surface area contributed by atoms with Gasteiger partial charge in [-0.25, -0.2) is 0 Å². The second-order valence-corrected chi connectivity index (χ2v) is 26.5. The number of benzene rings is 3. The van der Waals surface area contributed by atoms with Crippen LogP contribution < -0.4 is 54.5 Å². The van der Waals surface area contributed by atoms with Gasteiger partial charge in [-0.1, -0.05) is 82.3 Å². The van der Waals surface area contributed by atoms with Crippen molar-refractivity contribution in [2.45, 2.75) is 153 Å². The fourth-order valence-corrected chi connectivity index (χ4v) is 11.9. The Morgan fingerprint density at radius 1 is 0.570 bits per heavy atom. The number of carbonyl (C=O) groups excluding carboxylic acids is 13. The van der Waals surface area contributed by atoms with Gasteiger partial charge in [-0.05, 0) is 98.2 Å². The Morgan fingerprint density at radius 3 is 1.58 bits per heavy atom. The van der Waals surface area contributed by atoms with Gasteiger partial charge in [0, 0.05) is 68.2 Å². The Kier molecular flexibility index (Phi) is 34.0. The summed E-state index contributed by atoms with van der Waals surface area (Å²) in [7, 11) is 0. The molecule has 3 aromatic rings. The lowest BCUT2D eigenvalue weighted by Crippen LogP contribution is -2.78. The number of amides is 8. The van der Waals surface area contributed by atoms with E-state index >= 15 is 0 Å². The minimum Gasteiger partial charge on any atom is -0.508 e. The molecular formula is C69H96N11O19S+. The highest BCUT2D eigenvalue weighted by Gasteiger charge is 2.42. The molecule has 1 aliphatic heterocycles. The number of aromatic hydroxyl groups is 2. The van der Waals surface area contributed by atoms with Gasteiger partial charge in [0.15, 0.2) is 23.1 Å². The topological polar surface area (TPSA) is 522 Å². The monoisotopic (exact) mass is 1410 g/mol. The molecule has 0 saturated carbocycles. The molecule has 100 heavy (non-hydrogen) atoms. The Hall–Kier alpha value is -9.62. The van der Waals surface area contributed by atoms with Gasteiger partial charge < -0.3 is 68.5 Å². The number of aliphatic hydroxyl groups is 2. The first-order valence-corrected chi connectivity index (χ1v) is 33.6. The van der Waals surface area contributed by atoms with Crippen LogP contribution in [0, 0.1) is 41.4 Å². The molecule has 0 unspecified atom stereocenters. The molecule has 546 valence electrons. The molecule has 19 N–H and O–H groups in total. The van der Waals surface area contributed by atoms with Crippen LogP contribution in [0.5, 0.6) is 11.5 Å². The molecule has 1 heterocycles. The van der Waals surface area contributed by atoms with E-state index in [9.17, 15) is 92.7 Å². The predicted octanol–water partition coefficient (Wildman–Crippen LogP) is -2.39. The molecular weight excluding hydrogens is 1320 g/mol. The van der Waals surface area contributed by atoms with Crippen molar-refractivity contribution in [2.24, 2.45) is 64.4 Å². The average Bonchev–Trinajstić information content (AvgIpc) is 1.57. The Balaban J connectivity index is 1.52. The molecule has 3 aromatic carbocycles. The van der Waals surface area contributed by atoms with Crippen LogP contribution in [-0.2, 0) is 86.4 Å². The van der Waals surface area contributed by atoms with Gasteiger partial charge in [0.05, 0.1) is 50.7 Å². The number of nitrogens with one attached hydrogen (secondary N) is 6. The number of phenolic OH excluding ortho intramolecular Hbond substituents is 2. The first-order chi connectivity index (χ1) is 47.2. The van der Waals surface area contributed by atoms with Gasteiger partial charge in [0.1, 0.15) is 40.7 Å². The number of hydrogen-bond acceptors (Lipinski definition) is 19. The number of nitrogens with two attached hydrogens (primary N) is 4. The van der Waals surface area contributed by atoms with Crippen molar-refractivity contribution in [1.82, 2.24) is 31.5 Å². The van der Waals surface area contributed by atoms with E-state index < -0.39 is 193 Å². The van der Waals surface area contributed by atoms with E-state index in [0.717, 1.165) is 4.90 Å². The van der Waals surface area contributed by atoms with Crippen molar-refractivity contribution in [3.8, 4) is 11.5 Å². The van der Waals surface area contributed by atoms with Gasteiger partial charge in [-0.15, -0.1) is 0 Å². The third-order valence-corrected chi connectivity index (χ3v) is 17.7. The number of nitrogens with zero attached hydrogens (tertiary/aromatic N) is 1. The molecule has 0 bridgehead atoms. The van der Waals surface area contributed by atoms with E-state index in [1.54, 1.807) is 49.4 Å². The Morgan fingerprint density at radius 2 is 1.07 bits per heavy atom. The van der Waals surface area contributed by atoms with E-state index in [-0.39, 0.29) is 99.5 Å². The van der Waals surface area contributed by atoms with Crippen LogP contribution in [0.2, 0.25) is 0 Å². The number of Topliss-reactive ketones (excluding diaryl/α,β-unsaturated/α-hetero) is 5. The normalized spacial score (nSPS) is 16.0. The SMILES string of the molecule is CC(C)C[C@H](C)C(=O)C[C@@H](Cc1ccc(O)cc1)C(=O)N[C@@H](CCC[NH+]=C(N)N)C(=O)C[C@@H](C)C(=O)N[C@@H](CC(N)=O)C(=O)C[C@@H](Cc1ccccc1)C(=O)N[C@H](C(=O)C[C@@H](CO)C(=O)N1CCC[C@H]1C(=O)NCC(=O)C[C@@H](Cc1ccc(O)cc1)C(=O)N[C@@H](CO)C(N)=O)[C@@H](S)C(=O)O. The molecule has 0 spiro atoms. The standard InChI is InChI=1S/C69H95N11O19S/c1-37(2)24-38(3)54(86)30-44(28-42-16-20-48(84)21-17-42)64(94)76-50(12-8-22-74-69(72)73)55(87)25-39(4)62(92)77-51(33-58(70)90)56(88)31-45(26-40-10-6-5-7-11-40)65(95)79-59(60(100)68(98)99)57(89)32-46(35-81)67(97)80-23-9-13-53(80)66(96)75-34-49(85)29-43(27-41-14-18-47(83)19-15-41)63(93)78-52(36-82)61(71)91/h5-7,10-11,14-21,37-39,43-46,50-53,59-60,81-84,100H,8-9,12-13,22-36H2,1-4H3,(H2,70,90)(H2,71,91)(H,75,96)(H,76,94)(H,77,92)(H,78,93)(H,79,95)(H,98,99)(H4,72,73,74)/p+1/t38-,39+,43+,44+,45+,46-,50-,51-,52-,53-,59+,60+/m0/s1. The van der Waals surface area contributed by atoms with E-state index in [4.69, 9.17) is 22.9 Å². The van der Waals surface area contributed by atoms with Crippen LogP contribution in [0.1, 0.15) is 115 Å². The van der Waals surface area contributed by atoms with Gasteiger partial charge in [0.2, 0.25) is 47.3 Å². The zero-order valence-electron chi connectivity index (χ0n) is 56.6. The number of primary amides is 2. The summed E-state index contributed by atoms with van der Waals surface area (Å²) in [5.74, 6) is -19.5. The molecule has 1 aliphatic rings. The van der Waals surface area contributed by atoms with Crippen LogP contribution in [0.15, 0.2) is 78.9 Å². The lowest BCUT2D eigenvalue weighted by atomic mass is 9.86. The molecule has 12 atom stereocenters. The number of carbonyl (C=O) groups is 14. The number of ketones is 5. The third kappa shape index (κ3) is 27.6. The Labute approximate surface area is 584 Å². The van der Waals surface area contributed by atoms with E-state index in [2.05, 4.69) is 44.2 Å². The van der Waals surface area contributed by atoms with Crippen molar-refractivity contribution < 1.29 is 97.6 Å². The van der Waals surface area contributed by atoms with Gasteiger partial charge >= 0.3 is 11.9 Å². The quantitative estimate of drug-likeness (QED) is 0.0122. The number of phenols is 2. The maximum absolute atomic E-state index is 14.6. The number of aliphatic carboxylic acids is 1. The molecule has 31 heteroatoms. The zero-order chi connectivity index (χ0) is 74.5. The number of carboxylic acid groups (broad SMARTS) is 1. The van der Waals surface area contributed by atoms with Crippen LogP contribution in [0.25, 0.3) is 0 Å². The van der Waals surface area contributed by atoms with Crippen molar-refractivity contribution in [3.05, 3.63) is 95.6 Å². The lowest BCUT2D eigenvalue weighted by Gasteiger charge is -2.29. The highest BCUT2D eigenvalue weighted by atomic mass is 32.1. The summed E-state index contributed by atoms with van der Waals surface area (Å²) in [6.07, 6.45) is -2.89. The third-order valence-electron chi connectivity index (χ3n) is 17.2. The molecule has 0 aliphatic carbocycles. The second kappa shape index (κ2) is 41.1. The number of likely N-dealkylation sites (tertiary alicyclic amines) is 1. The summed E-state index contributed by atoms with van der Waals surface area (Å²) in [5, 5.41) is 60.4. The molecule has 0 radical (unpaired) electrons. The van der Waals surface area contributed by atoms with Crippen molar-refractivity contribution in [3.63, 3.8) is 0 Å². The summed E-state index contributed by atoms with van der Waals surface area (Å²) in [6, 6.07) is 12.1. The van der Waals surface area contributed by atoms with Gasteiger partial charge in [-0.2, -0.15) is 12.6 Å². The van der Waals surface area contributed by atoms with Crippen LogP contribution in [0.4, 0.5) is 0 Å². The lowest BCUT2D eigenvalue weighted by molar-refractivity contribution is -0.459. The largest absolute Gasteiger partial charge is 0.508 e. The van der Waals surface area contributed by atoms with Gasteiger partial charge in [-0.3, -0.25) is 83.6 Å². The molecule has 30 nitrogen and oxygen atoms in total. The first kappa shape index (κ1) is 82.8. The minimum absolute atomic E-state index is 0.00681. The number of aliphatic hydroxyl groups excluding tert-OH is 2. The summed E-state index contributed by atoms with van der Waals surface area (Å²) in [6.45, 7) is 4.65. The maximum Gasteiger partial charge on any atom is 0.338 e. The number of hydrogen-bond donors (Lipinski definition) is 16. The van der Waals surface area contributed by atoms with Crippen LogP contribution in [-0.4, -0.2) is 187 Å². The van der Waals surface area contributed by atoms with Crippen LogP contribution in [0.3, 0.4) is 0 Å². The highest BCUT2D eigenvalue weighted by molar-refractivity contribution is 7.81. The van der Waals surface area contributed by atoms with E-state index in [1.165, 1.54) is 43.3 Å². The molecule has 0 aromatic heterocycles. The van der Waals surface area contributed by atoms with Crippen molar-refractivity contribution in [2.75, 3.05) is 32.8 Å².